The summed E-state index contributed by atoms with van der Waals surface area (Å²) in [7, 11) is 1.57. The molecule has 1 aromatic heterocycles. The molecule has 2 aliphatic rings. The number of hydrogen-bond donors (Lipinski definition) is 0. The molecule has 2 fully saturated rings. The maximum Gasteiger partial charge on any atom is 0.245 e. The summed E-state index contributed by atoms with van der Waals surface area (Å²) in [6, 6.07) is 1.42. The highest BCUT2D eigenvalue weighted by Crippen LogP contribution is 2.21. The Balaban J connectivity index is 1.60. The van der Waals surface area contributed by atoms with E-state index in [4.69, 9.17) is 4.74 Å². The summed E-state index contributed by atoms with van der Waals surface area (Å²) in [5.41, 5.74) is 0. The van der Waals surface area contributed by atoms with Gasteiger partial charge in [-0.2, -0.15) is 4.98 Å². The summed E-state index contributed by atoms with van der Waals surface area (Å²) in [4.78, 5) is 38.6. The Kier molecular flexibility index (Phi) is 4.82. The van der Waals surface area contributed by atoms with Gasteiger partial charge in [-0.1, -0.05) is 0 Å². The van der Waals surface area contributed by atoms with E-state index >= 15 is 0 Å². The molecule has 2 aliphatic heterocycles. The predicted octanol–water partition coefficient (Wildman–Crippen LogP) is 0.145. The number of hydrogen-bond acceptors (Lipinski definition) is 6. The first kappa shape index (κ1) is 16.5. The van der Waals surface area contributed by atoms with Crippen LogP contribution in [0, 0.1) is 0 Å². The van der Waals surface area contributed by atoms with Crippen LogP contribution in [0.25, 0.3) is 0 Å². The number of aromatic nitrogens is 2. The normalized spacial score (nSPS) is 21.1. The minimum absolute atomic E-state index is 0.0192. The molecule has 130 valence electrons. The molecule has 0 spiro atoms. The third-order valence-electron chi connectivity index (χ3n) is 4.64. The Bertz CT molecular complexity index is 615. The van der Waals surface area contributed by atoms with Crippen LogP contribution >= 0.6 is 0 Å². The fraction of sp³-hybridized carbons (Fsp3) is 0.625. The smallest absolute Gasteiger partial charge is 0.245 e. The zero-order chi connectivity index (χ0) is 17.1. The SMILES string of the molecule is COc1ccnc(N2CCN(C(=O)[C@H]3CCCN3C(C)=O)CC2)n1. The quantitative estimate of drug-likeness (QED) is 0.783. The zero-order valence-electron chi connectivity index (χ0n) is 14.1. The van der Waals surface area contributed by atoms with Crippen LogP contribution in [0.15, 0.2) is 12.3 Å². The van der Waals surface area contributed by atoms with E-state index in [9.17, 15) is 9.59 Å². The van der Waals surface area contributed by atoms with E-state index in [1.165, 1.54) is 6.92 Å². The molecule has 8 heteroatoms. The predicted molar refractivity (Wildman–Crippen MR) is 87.8 cm³/mol. The van der Waals surface area contributed by atoms with Crippen LogP contribution in [-0.4, -0.2) is 77.5 Å². The third kappa shape index (κ3) is 3.27. The lowest BCUT2D eigenvalue weighted by molar-refractivity contribution is -0.143. The van der Waals surface area contributed by atoms with E-state index in [1.54, 1.807) is 24.3 Å². The lowest BCUT2D eigenvalue weighted by Crippen LogP contribution is -2.54. The number of likely N-dealkylation sites (tertiary alicyclic amines) is 1. The van der Waals surface area contributed by atoms with Crippen molar-refractivity contribution in [3.05, 3.63) is 12.3 Å². The fourth-order valence-electron chi connectivity index (χ4n) is 3.34. The second kappa shape index (κ2) is 7.02. The number of methoxy groups -OCH3 is 1. The van der Waals surface area contributed by atoms with Crippen LogP contribution in [0.4, 0.5) is 5.95 Å². The van der Waals surface area contributed by atoms with E-state index < -0.39 is 0 Å². The summed E-state index contributed by atoms with van der Waals surface area (Å²) < 4.78 is 5.13. The van der Waals surface area contributed by atoms with Crippen LogP contribution in [0.3, 0.4) is 0 Å². The zero-order valence-corrected chi connectivity index (χ0v) is 14.1. The summed E-state index contributed by atoms with van der Waals surface area (Å²) in [6.45, 7) is 4.79. The Morgan fingerprint density at radius 1 is 1.21 bits per heavy atom. The molecule has 3 rings (SSSR count). The molecule has 0 N–H and O–H groups in total. The molecular formula is C16H23N5O3. The number of carbonyl (C=O) groups excluding carboxylic acids is 2. The maximum absolute atomic E-state index is 12.7. The molecule has 0 aromatic carbocycles. The molecule has 0 unspecified atom stereocenters. The number of ether oxygens (including phenoxy) is 1. The topological polar surface area (TPSA) is 78.9 Å². The average molecular weight is 333 g/mol. The lowest BCUT2D eigenvalue weighted by Gasteiger charge is -2.37. The molecule has 2 saturated heterocycles. The maximum atomic E-state index is 12.7. The molecule has 8 nitrogen and oxygen atoms in total. The van der Waals surface area contributed by atoms with Gasteiger partial charge in [-0.05, 0) is 12.8 Å². The van der Waals surface area contributed by atoms with Crippen LogP contribution in [0.2, 0.25) is 0 Å². The molecule has 1 aromatic rings. The first-order valence-corrected chi connectivity index (χ1v) is 8.28. The van der Waals surface area contributed by atoms with Gasteiger partial charge in [0.05, 0.1) is 7.11 Å². The van der Waals surface area contributed by atoms with Gasteiger partial charge in [0.15, 0.2) is 0 Å². The summed E-state index contributed by atoms with van der Waals surface area (Å²) in [5, 5.41) is 0. The minimum Gasteiger partial charge on any atom is -0.481 e. The molecule has 0 aliphatic carbocycles. The first-order chi connectivity index (χ1) is 11.6. The number of anilines is 1. The highest BCUT2D eigenvalue weighted by Gasteiger charge is 2.36. The molecule has 24 heavy (non-hydrogen) atoms. The van der Waals surface area contributed by atoms with Crippen molar-refractivity contribution in [2.24, 2.45) is 0 Å². The monoisotopic (exact) mass is 333 g/mol. The van der Waals surface area contributed by atoms with Gasteiger partial charge in [0.2, 0.25) is 23.6 Å². The minimum atomic E-state index is -0.290. The van der Waals surface area contributed by atoms with Crippen molar-refractivity contribution in [1.29, 1.82) is 0 Å². The molecule has 3 heterocycles. The van der Waals surface area contributed by atoms with Crippen molar-refractivity contribution in [2.45, 2.75) is 25.8 Å². The highest BCUT2D eigenvalue weighted by atomic mass is 16.5. The average Bonchev–Trinajstić information content (AvgIpc) is 3.11. The van der Waals surface area contributed by atoms with Crippen LogP contribution in [0.5, 0.6) is 5.88 Å². The first-order valence-electron chi connectivity index (χ1n) is 8.28. The summed E-state index contributed by atoms with van der Waals surface area (Å²) in [6.07, 6.45) is 3.33. The van der Waals surface area contributed by atoms with Crippen molar-refractivity contribution >= 4 is 17.8 Å². The van der Waals surface area contributed by atoms with Gasteiger partial charge in [-0.25, -0.2) is 4.98 Å². The number of amides is 2. The third-order valence-corrected chi connectivity index (χ3v) is 4.64. The number of carbonyl (C=O) groups is 2. The van der Waals surface area contributed by atoms with Gasteiger partial charge in [-0.15, -0.1) is 0 Å². The van der Waals surface area contributed by atoms with E-state index in [-0.39, 0.29) is 17.9 Å². The summed E-state index contributed by atoms with van der Waals surface area (Å²) in [5.74, 6) is 1.19. The van der Waals surface area contributed by atoms with Crippen LogP contribution < -0.4 is 9.64 Å². The van der Waals surface area contributed by atoms with Gasteiger partial charge in [-0.3, -0.25) is 9.59 Å². The van der Waals surface area contributed by atoms with Gasteiger partial charge < -0.3 is 19.4 Å². The fourth-order valence-corrected chi connectivity index (χ4v) is 3.34. The molecule has 0 saturated carbocycles. The molecular weight excluding hydrogens is 310 g/mol. The summed E-state index contributed by atoms with van der Waals surface area (Å²) >= 11 is 0. The van der Waals surface area contributed by atoms with Crippen molar-refractivity contribution in [1.82, 2.24) is 19.8 Å². The van der Waals surface area contributed by atoms with Crippen molar-refractivity contribution in [3.8, 4) is 5.88 Å². The number of piperazine rings is 1. The van der Waals surface area contributed by atoms with Crippen LogP contribution in [-0.2, 0) is 9.59 Å². The van der Waals surface area contributed by atoms with Crippen molar-refractivity contribution < 1.29 is 14.3 Å². The van der Waals surface area contributed by atoms with E-state index in [0.717, 1.165) is 12.8 Å². The second-order valence-corrected chi connectivity index (χ2v) is 6.08. The molecule has 0 radical (unpaired) electrons. The van der Waals surface area contributed by atoms with Gasteiger partial charge in [0, 0.05) is 51.9 Å². The number of rotatable bonds is 3. The van der Waals surface area contributed by atoms with Gasteiger partial charge >= 0.3 is 0 Å². The number of nitrogens with zero attached hydrogens (tertiary/aromatic N) is 5. The Morgan fingerprint density at radius 2 is 1.96 bits per heavy atom. The highest BCUT2D eigenvalue weighted by molar-refractivity contribution is 5.87. The van der Waals surface area contributed by atoms with Gasteiger partial charge in [0.1, 0.15) is 6.04 Å². The molecule has 1 atom stereocenters. The van der Waals surface area contributed by atoms with E-state index in [0.29, 0.717) is 44.6 Å². The Morgan fingerprint density at radius 3 is 2.62 bits per heavy atom. The van der Waals surface area contributed by atoms with Crippen LogP contribution in [0.1, 0.15) is 19.8 Å². The van der Waals surface area contributed by atoms with E-state index in [2.05, 4.69) is 9.97 Å². The van der Waals surface area contributed by atoms with E-state index in [1.807, 2.05) is 9.80 Å². The van der Waals surface area contributed by atoms with Crippen molar-refractivity contribution in [2.75, 3.05) is 44.7 Å². The Labute approximate surface area is 141 Å². The lowest BCUT2D eigenvalue weighted by atomic mass is 10.1. The second-order valence-electron chi connectivity index (χ2n) is 6.08. The molecule has 2 amide bonds. The largest absolute Gasteiger partial charge is 0.481 e. The van der Waals surface area contributed by atoms with Gasteiger partial charge in [0.25, 0.3) is 0 Å². The molecule has 0 bridgehead atoms. The standard InChI is InChI=1S/C16H23N5O3/c1-12(22)21-7-3-4-13(21)15(23)19-8-10-20(11-9-19)16-17-6-5-14(18-16)24-2/h5-6,13H,3-4,7-11H2,1-2H3/t13-/m1/s1. The van der Waals surface area contributed by atoms with Crippen molar-refractivity contribution in [3.63, 3.8) is 0 Å². The Hall–Kier alpha value is -2.38.